The quantitative estimate of drug-likeness (QED) is 0.519. The van der Waals surface area contributed by atoms with Gasteiger partial charge in [0.05, 0.1) is 0 Å². The standard InChI is InChI=1S/C7H12N3O3/c1-4(11)8-7(9-5(2)12)10-6(3)13/h1-3H3,(H,8,11)(H,9,12)(H,10,13). The number of hydrogen-bond acceptors (Lipinski definition) is 3. The minimum Gasteiger partial charge on any atom is -0.311 e. The van der Waals surface area contributed by atoms with Crippen LogP contribution in [0.3, 0.4) is 0 Å². The van der Waals surface area contributed by atoms with Crippen LogP contribution in [0.5, 0.6) is 0 Å². The summed E-state index contributed by atoms with van der Waals surface area (Å²) in [6.45, 7) is 3.80. The molecule has 0 aromatic carbocycles. The Morgan fingerprint density at radius 3 is 1.08 bits per heavy atom. The molecule has 6 nitrogen and oxygen atoms in total. The Morgan fingerprint density at radius 2 is 0.923 bits per heavy atom. The Morgan fingerprint density at radius 1 is 0.692 bits per heavy atom. The lowest BCUT2D eigenvalue weighted by Gasteiger charge is -2.16. The monoisotopic (exact) mass is 186 g/mol. The van der Waals surface area contributed by atoms with E-state index in [0.29, 0.717) is 0 Å². The fourth-order valence-electron chi connectivity index (χ4n) is 0.622. The summed E-state index contributed by atoms with van der Waals surface area (Å²) in [5, 5.41) is 6.77. The smallest absolute Gasteiger partial charge is 0.255 e. The summed E-state index contributed by atoms with van der Waals surface area (Å²) in [6, 6.07) is 0. The molecule has 0 spiro atoms. The van der Waals surface area contributed by atoms with E-state index in [1.165, 1.54) is 20.8 Å². The molecular formula is C7H12N3O3. The third kappa shape index (κ3) is 6.79. The Kier molecular flexibility index (Phi) is 4.50. The van der Waals surface area contributed by atoms with Gasteiger partial charge in [0.15, 0.2) is 0 Å². The summed E-state index contributed by atoms with van der Waals surface area (Å²) in [5.74, 6) is -1.13. The van der Waals surface area contributed by atoms with Crippen molar-refractivity contribution in [1.82, 2.24) is 16.0 Å². The molecule has 73 valence electrons. The molecule has 0 atom stereocenters. The van der Waals surface area contributed by atoms with Crippen LogP contribution in [0.2, 0.25) is 0 Å². The van der Waals surface area contributed by atoms with Gasteiger partial charge in [-0.1, -0.05) is 0 Å². The zero-order valence-corrected chi connectivity index (χ0v) is 7.72. The van der Waals surface area contributed by atoms with Gasteiger partial charge in [-0.3, -0.25) is 14.4 Å². The van der Waals surface area contributed by atoms with Crippen molar-refractivity contribution in [2.24, 2.45) is 0 Å². The van der Waals surface area contributed by atoms with Gasteiger partial charge in [-0.15, -0.1) is 0 Å². The van der Waals surface area contributed by atoms with Crippen molar-refractivity contribution in [3.63, 3.8) is 0 Å². The average molecular weight is 186 g/mol. The summed E-state index contributed by atoms with van der Waals surface area (Å²) in [7, 11) is 0. The Labute approximate surface area is 76.1 Å². The van der Waals surface area contributed by atoms with Crippen LogP contribution in [0, 0.1) is 6.29 Å². The first-order chi connectivity index (χ1) is 5.91. The molecule has 0 aliphatic rings. The molecule has 0 bridgehead atoms. The summed E-state index contributed by atoms with van der Waals surface area (Å²) in [4.78, 5) is 31.7. The summed E-state index contributed by atoms with van der Waals surface area (Å²) < 4.78 is 0. The molecule has 1 radical (unpaired) electrons. The Bertz CT molecular complexity index is 189. The lowest BCUT2D eigenvalue weighted by atomic mass is 10.5. The van der Waals surface area contributed by atoms with Crippen molar-refractivity contribution in [3.05, 3.63) is 6.29 Å². The molecule has 0 rings (SSSR count). The van der Waals surface area contributed by atoms with Crippen LogP contribution >= 0.6 is 0 Å². The van der Waals surface area contributed by atoms with Gasteiger partial charge in [0.1, 0.15) is 0 Å². The molecule has 0 aromatic heterocycles. The highest BCUT2D eigenvalue weighted by Crippen LogP contribution is 1.83. The number of hydrogen-bond donors (Lipinski definition) is 3. The van der Waals surface area contributed by atoms with Gasteiger partial charge in [0, 0.05) is 20.8 Å². The molecule has 13 heavy (non-hydrogen) atoms. The second-order valence-electron chi connectivity index (χ2n) is 2.42. The molecule has 0 aliphatic carbocycles. The molecule has 6 heteroatoms. The van der Waals surface area contributed by atoms with Gasteiger partial charge >= 0.3 is 0 Å². The predicted octanol–water partition coefficient (Wildman–Crippen LogP) is -1.16. The molecule has 0 heterocycles. The number of rotatable bonds is 3. The lowest BCUT2D eigenvalue weighted by Crippen LogP contribution is -2.49. The van der Waals surface area contributed by atoms with Crippen molar-refractivity contribution < 1.29 is 14.4 Å². The van der Waals surface area contributed by atoms with Crippen molar-refractivity contribution in [2.75, 3.05) is 0 Å². The molecule has 0 unspecified atom stereocenters. The van der Waals surface area contributed by atoms with Crippen molar-refractivity contribution in [2.45, 2.75) is 20.8 Å². The first kappa shape index (κ1) is 11.4. The summed E-state index contributed by atoms with van der Waals surface area (Å²) >= 11 is 0. The normalized spacial score (nSPS) is 9.23. The van der Waals surface area contributed by atoms with Crippen molar-refractivity contribution >= 4 is 17.7 Å². The second-order valence-corrected chi connectivity index (χ2v) is 2.42. The van der Waals surface area contributed by atoms with Crippen LogP contribution < -0.4 is 16.0 Å². The van der Waals surface area contributed by atoms with Gasteiger partial charge in [-0.2, -0.15) is 0 Å². The maximum Gasteiger partial charge on any atom is 0.255 e. The lowest BCUT2D eigenvalue weighted by molar-refractivity contribution is -0.122. The maximum atomic E-state index is 10.6. The van der Waals surface area contributed by atoms with Crippen molar-refractivity contribution in [3.8, 4) is 0 Å². The number of carbonyl (C=O) groups excluding carboxylic acids is 3. The molecule has 3 amide bonds. The summed E-state index contributed by atoms with van der Waals surface area (Å²) in [5.41, 5.74) is 0. The topological polar surface area (TPSA) is 87.3 Å². The molecule has 0 saturated carbocycles. The van der Waals surface area contributed by atoms with E-state index in [1.807, 2.05) is 0 Å². The number of carbonyl (C=O) groups is 3. The molecule has 3 N–H and O–H groups in total. The third-order valence-electron chi connectivity index (χ3n) is 0.903. The predicted molar refractivity (Wildman–Crippen MR) is 44.7 cm³/mol. The Balaban J connectivity index is 4.10. The zero-order valence-electron chi connectivity index (χ0n) is 7.72. The minimum absolute atomic E-state index is 0.0208. The van der Waals surface area contributed by atoms with Crippen LogP contribution in [0.25, 0.3) is 0 Å². The molecule has 0 fully saturated rings. The highest BCUT2D eigenvalue weighted by molar-refractivity contribution is 5.81. The van der Waals surface area contributed by atoms with Crippen LogP contribution in [0.1, 0.15) is 20.8 Å². The van der Waals surface area contributed by atoms with Gasteiger partial charge in [0.25, 0.3) is 6.29 Å². The van der Waals surface area contributed by atoms with Gasteiger partial charge in [-0.25, -0.2) is 0 Å². The van der Waals surface area contributed by atoms with E-state index < -0.39 is 0 Å². The van der Waals surface area contributed by atoms with Crippen LogP contribution in [-0.4, -0.2) is 17.7 Å². The molecule has 0 aliphatic heterocycles. The largest absolute Gasteiger partial charge is 0.311 e. The molecule has 0 saturated heterocycles. The van der Waals surface area contributed by atoms with E-state index >= 15 is 0 Å². The SMILES string of the molecule is CC(=O)N[C](NC(C)=O)NC(C)=O. The molecular weight excluding hydrogens is 174 g/mol. The van der Waals surface area contributed by atoms with E-state index in [4.69, 9.17) is 0 Å². The van der Waals surface area contributed by atoms with Crippen LogP contribution in [0.15, 0.2) is 0 Å². The van der Waals surface area contributed by atoms with E-state index in [2.05, 4.69) is 16.0 Å². The van der Waals surface area contributed by atoms with Crippen LogP contribution in [0.4, 0.5) is 0 Å². The highest BCUT2D eigenvalue weighted by atomic mass is 16.2. The van der Waals surface area contributed by atoms with Crippen LogP contribution in [-0.2, 0) is 14.4 Å². The van der Waals surface area contributed by atoms with E-state index in [1.54, 1.807) is 0 Å². The first-order valence-corrected chi connectivity index (χ1v) is 3.61. The second kappa shape index (κ2) is 5.13. The third-order valence-corrected chi connectivity index (χ3v) is 0.903. The Hall–Kier alpha value is -1.59. The average Bonchev–Trinajstić information content (AvgIpc) is 1.80. The van der Waals surface area contributed by atoms with Gasteiger partial charge in [0.2, 0.25) is 17.7 Å². The van der Waals surface area contributed by atoms with Gasteiger partial charge in [-0.05, 0) is 0 Å². The van der Waals surface area contributed by atoms with E-state index in [-0.39, 0.29) is 24.0 Å². The van der Waals surface area contributed by atoms with Gasteiger partial charge < -0.3 is 16.0 Å². The van der Waals surface area contributed by atoms with E-state index in [9.17, 15) is 14.4 Å². The summed E-state index contributed by atoms with van der Waals surface area (Å²) in [6.07, 6.45) is -0.0208. The molecule has 0 aromatic rings. The number of amides is 3. The maximum absolute atomic E-state index is 10.6. The minimum atomic E-state index is -0.377. The fraction of sp³-hybridized carbons (Fsp3) is 0.429. The van der Waals surface area contributed by atoms with Crippen molar-refractivity contribution in [1.29, 1.82) is 0 Å². The number of nitrogens with one attached hydrogen (secondary N) is 3. The zero-order chi connectivity index (χ0) is 10.4. The van der Waals surface area contributed by atoms with E-state index in [0.717, 1.165) is 0 Å². The highest BCUT2D eigenvalue weighted by Gasteiger charge is 2.13. The first-order valence-electron chi connectivity index (χ1n) is 3.61. The fourth-order valence-corrected chi connectivity index (χ4v) is 0.622.